The predicted octanol–water partition coefficient (Wildman–Crippen LogP) is 3.62. The highest BCUT2D eigenvalue weighted by Crippen LogP contribution is 2.40. The first kappa shape index (κ1) is 15.3. The van der Waals surface area contributed by atoms with Gasteiger partial charge in [0.15, 0.2) is 0 Å². The molecule has 0 radical (unpaired) electrons. The summed E-state index contributed by atoms with van der Waals surface area (Å²) in [6.07, 6.45) is 11.7. The lowest BCUT2D eigenvalue weighted by atomic mass is 9.90. The van der Waals surface area contributed by atoms with Crippen LogP contribution < -0.4 is 5.73 Å². The van der Waals surface area contributed by atoms with E-state index in [1.54, 1.807) is 0 Å². The van der Waals surface area contributed by atoms with Crippen molar-refractivity contribution in [3.05, 3.63) is 33.1 Å². The molecule has 0 aromatic carbocycles. The SMILES string of the molecule is NC1=CCC=Nc2c1c(I)cn2C1CCC(=CC(=O)O)CC1. The van der Waals surface area contributed by atoms with E-state index < -0.39 is 5.97 Å². The van der Waals surface area contributed by atoms with Crippen molar-refractivity contribution < 1.29 is 9.90 Å². The molecule has 5 nitrogen and oxygen atoms in total. The number of aliphatic imine (C=N–C) groups is 1. The van der Waals surface area contributed by atoms with Crippen LogP contribution in [0.5, 0.6) is 0 Å². The Morgan fingerprint density at radius 1 is 1.45 bits per heavy atom. The molecule has 1 aliphatic heterocycles. The van der Waals surface area contributed by atoms with Crippen LogP contribution in [0.3, 0.4) is 0 Å². The van der Waals surface area contributed by atoms with E-state index in [9.17, 15) is 4.79 Å². The molecule has 3 rings (SSSR count). The van der Waals surface area contributed by atoms with Crippen molar-refractivity contribution in [2.24, 2.45) is 10.7 Å². The van der Waals surface area contributed by atoms with E-state index in [0.717, 1.165) is 58.3 Å². The molecule has 1 aliphatic carbocycles. The lowest BCUT2D eigenvalue weighted by molar-refractivity contribution is -0.131. The Balaban J connectivity index is 1.87. The van der Waals surface area contributed by atoms with E-state index >= 15 is 0 Å². The fraction of sp³-hybridized carbons (Fsp3) is 0.375. The van der Waals surface area contributed by atoms with Crippen LogP contribution in [0.15, 0.2) is 28.9 Å². The van der Waals surface area contributed by atoms with Crippen LogP contribution in [0, 0.1) is 3.57 Å². The number of carboxylic acid groups (broad SMARTS) is 1. The van der Waals surface area contributed by atoms with E-state index in [1.165, 1.54) is 6.08 Å². The van der Waals surface area contributed by atoms with Crippen molar-refractivity contribution >= 4 is 46.3 Å². The van der Waals surface area contributed by atoms with Gasteiger partial charge in [0.05, 0.1) is 5.56 Å². The van der Waals surface area contributed by atoms with Crippen molar-refractivity contribution in [3.8, 4) is 0 Å². The molecule has 22 heavy (non-hydrogen) atoms. The number of halogens is 1. The maximum atomic E-state index is 10.8. The summed E-state index contributed by atoms with van der Waals surface area (Å²) in [5, 5.41) is 8.85. The van der Waals surface area contributed by atoms with Gasteiger partial charge in [-0.3, -0.25) is 0 Å². The normalized spacial score (nSPS) is 21.0. The first-order chi connectivity index (χ1) is 10.6. The second kappa shape index (κ2) is 6.28. The van der Waals surface area contributed by atoms with Gasteiger partial charge in [-0.2, -0.15) is 0 Å². The molecule has 0 saturated heterocycles. The summed E-state index contributed by atoms with van der Waals surface area (Å²) in [7, 11) is 0. The highest BCUT2D eigenvalue weighted by molar-refractivity contribution is 14.1. The Hall–Kier alpha value is -1.57. The quantitative estimate of drug-likeness (QED) is 0.576. The molecule has 1 aromatic heterocycles. The van der Waals surface area contributed by atoms with E-state index in [1.807, 2.05) is 12.3 Å². The number of carbonyl (C=O) groups is 1. The first-order valence-corrected chi connectivity index (χ1v) is 8.45. The summed E-state index contributed by atoms with van der Waals surface area (Å²) < 4.78 is 3.34. The number of carboxylic acids is 1. The third-order valence-corrected chi connectivity index (χ3v) is 5.04. The Morgan fingerprint density at radius 2 is 2.18 bits per heavy atom. The first-order valence-electron chi connectivity index (χ1n) is 7.37. The van der Waals surface area contributed by atoms with Crippen molar-refractivity contribution in [2.45, 2.75) is 38.1 Å². The Kier molecular flexibility index (Phi) is 4.37. The number of aliphatic carboxylic acids is 1. The predicted molar refractivity (Wildman–Crippen MR) is 95.3 cm³/mol. The number of hydrogen-bond acceptors (Lipinski definition) is 3. The number of aromatic nitrogens is 1. The molecule has 0 atom stereocenters. The Labute approximate surface area is 142 Å². The molecule has 2 aliphatic rings. The number of nitrogens with two attached hydrogens (primary N) is 1. The molecule has 3 N–H and O–H groups in total. The minimum absolute atomic E-state index is 0.353. The average Bonchev–Trinajstić information content (AvgIpc) is 2.67. The second-order valence-electron chi connectivity index (χ2n) is 5.66. The molecular weight excluding hydrogens is 393 g/mol. The van der Waals surface area contributed by atoms with Crippen LogP contribution in [0.2, 0.25) is 0 Å². The minimum atomic E-state index is -0.847. The summed E-state index contributed by atoms with van der Waals surface area (Å²) in [6, 6.07) is 0.353. The summed E-state index contributed by atoms with van der Waals surface area (Å²) >= 11 is 2.31. The maximum absolute atomic E-state index is 10.8. The van der Waals surface area contributed by atoms with Gasteiger partial charge in [-0.1, -0.05) is 11.6 Å². The average molecular weight is 411 g/mol. The molecule has 116 valence electrons. The van der Waals surface area contributed by atoms with Crippen LogP contribution in [0.1, 0.15) is 43.7 Å². The van der Waals surface area contributed by atoms with Gasteiger partial charge in [0, 0.05) is 40.2 Å². The molecule has 1 fully saturated rings. The number of rotatable bonds is 2. The van der Waals surface area contributed by atoms with Crippen molar-refractivity contribution in [1.82, 2.24) is 4.57 Å². The zero-order chi connectivity index (χ0) is 15.7. The molecule has 1 aromatic rings. The van der Waals surface area contributed by atoms with Crippen LogP contribution in [-0.2, 0) is 4.79 Å². The number of nitrogens with zero attached hydrogens (tertiary/aromatic N) is 2. The number of hydrogen-bond donors (Lipinski definition) is 2. The molecule has 0 unspecified atom stereocenters. The summed E-state index contributed by atoms with van der Waals surface area (Å²) in [4.78, 5) is 15.4. The third kappa shape index (κ3) is 2.97. The standard InChI is InChI=1S/C16H18IN3O2/c17-12-9-20(16-15(12)13(18)2-1-7-19-16)11-5-3-10(4-6-11)8-14(21)22/h2,7-9,11H,1,3-6,18H2,(H,21,22). The van der Waals surface area contributed by atoms with Gasteiger partial charge in [-0.25, -0.2) is 9.79 Å². The fourth-order valence-electron chi connectivity index (χ4n) is 3.15. The van der Waals surface area contributed by atoms with E-state index in [2.05, 4.69) is 38.3 Å². The van der Waals surface area contributed by atoms with Crippen molar-refractivity contribution in [2.75, 3.05) is 0 Å². The Bertz CT molecular complexity index is 690. The smallest absolute Gasteiger partial charge is 0.328 e. The Morgan fingerprint density at radius 3 is 2.86 bits per heavy atom. The summed E-state index contributed by atoms with van der Waals surface area (Å²) in [5.74, 6) is 0.0895. The van der Waals surface area contributed by atoms with Crippen LogP contribution in [0.25, 0.3) is 5.70 Å². The van der Waals surface area contributed by atoms with Gasteiger partial charge in [-0.15, -0.1) is 0 Å². The van der Waals surface area contributed by atoms with Gasteiger partial charge in [0.25, 0.3) is 0 Å². The van der Waals surface area contributed by atoms with E-state index in [-0.39, 0.29) is 0 Å². The second-order valence-corrected chi connectivity index (χ2v) is 6.82. The van der Waals surface area contributed by atoms with Gasteiger partial charge >= 0.3 is 5.97 Å². The molecular formula is C16H18IN3O2. The molecule has 0 bridgehead atoms. The highest BCUT2D eigenvalue weighted by Gasteiger charge is 2.24. The minimum Gasteiger partial charge on any atom is -0.478 e. The van der Waals surface area contributed by atoms with Gasteiger partial charge in [-0.05, 0) is 48.3 Å². The van der Waals surface area contributed by atoms with Gasteiger partial charge < -0.3 is 15.4 Å². The molecule has 1 saturated carbocycles. The summed E-state index contributed by atoms with van der Waals surface area (Å²) in [5.41, 5.74) is 9.00. The largest absolute Gasteiger partial charge is 0.478 e. The lowest BCUT2D eigenvalue weighted by Gasteiger charge is -2.26. The van der Waals surface area contributed by atoms with Crippen LogP contribution in [-0.4, -0.2) is 21.9 Å². The summed E-state index contributed by atoms with van der Waals surface area (Å²) in [6.45, 7) is 0. The highest BCUT2D eigenvalue weighted by atomic mass is 127. The van der Waals surface area contributed by atoms with Crippen LogP contribution >= 0.6 is 22.6 Å². The third-order valence-electron chi connectivity index (χ3n) is 4.22. The monoisotopic (exact) mass is 411 g/mol. The molecule has 6 heteroatoms. The van der Waals surface area contributed by atoms with Crippen molar-refractivity contribution in [1.29, 1.82) is 0 Å². The number of allylic oxidation sites excluding steroid dienone is 2. The van der Waals surface area contributed by atoms with Gasteiger partial charge in [0.2, 0.25) is 0 Å². The maximum Gasteiger partial charge on any atom is 0.328 e. The molecule has 0 spiro atoms. The fourth-order valence-corrected chi connectivity index (χ4v) is 4.00. The molecule has 0 amide bonds. The van der Waals surface area contributed by atoms with E-state index in [0.29, 0.717) is 6.04 Å². The topological polar surface area (TPSA) is 80.6 Å². The lowest BCUT2D eigenvalue weighted by Crippen LogP contribution is -2.13. The van der Waals surface area contributed by atoms with Crippen molar-refractivity contribution in [3.63, 3.8) is 0 Å². The van der Waals surface area contributed by atoms with Gasteiger partial charge in [0.1, 0.15) is 5.82 Å². The zero-order valence-electron chi connectivity index (χ0n) is 12.1. The molecule has 2 heterocycles. The van der Waals surface area contributed by atoms with E-state index in [4.69, 9.17) is 10.8 Å². The van der Waals surface area contributed by atoms with Crippen LogP contribution in [0.4, 0.5) is 5.82 Å². The number of fused-ring (bicyclic) bond motifs is 1. The zero-order valence-corrected chi connectivity index (χ0v) is 14.3.